The van der Waals surface area contributed by atoms with Gasteiger partial charge in [-0.3, -0.25) is 0 Å². The van der Waals surface area contributed by atoms with Crippen molar-refractivity contribution in [3.8, 4) is 0 Å². The van der Waals surface area contributed by atoms with Crippen LogP contribution in [0.2, 0.25) is 0 Å². The summed E-state index contributed by atoms with van der Waals surface area (Å²) in [5.41, 5.74) is 2.81. The zero-order chi connectivity index (χ0) is 11.4. The largest absolute Gasteiger partial charge is 0.309 e. The quantitative estimate of drug-likeness (QED) is 0.609. The average Bonchev–Trinajstić information content (AvgIpc) is 2.61. The van der Waals surface area contributed by atoms with Crippen molar-refractivity contribution in [2.75, 3.05) is 6.54 Å². The third-order valence-electron chi connectivity index (χ3n) is 3.31. The van der Waals surface area contributed by atoms with Gasteiger partial charge in [-0.25, -0.2) is 0 Å². The summed E-state index contributed by atoms with van der Waals surface area (Å²) >= 11 is 6.39. The van der Waals surface area contributed by atoms with Crippen molar-refractivity contribution >= 4 is 11.6 Å². The molecule has 0 bridgehead atoms. The molecule has 1 aromatic rings. The van der Waals surface area contributed by atoms with Crippen LogP contribution < -0.4 is 5.32 Å². The standard InChI is InChI=1S/C14H20ClN/c1-2-3-6-9-16-14-12-8-5-4-7-11(12)10-13(14)15/h4-5,7-8,13-14,16H,2-3,6,9-10H2,1H3. The molecule has 0 saturated heterocycles. The van der Waals surface area contributed by atoms with Crippen molar-refractivity contribution in [1.29, 1.82) is 0 Å². The van der Waals surface area contributed by atoms with Crippen LogP contribution >= 0.6 is 11.6 Å². The molecule has 1 N–H and O–H groups in total. The number of fused-ring (bicyclic) bond motifs is 1. The van der Waals surface area contributed by atoms with Gasteiger partial charge in [0.05, 0.1) is 5.38 Å². The Morgan fingerprint density at radius 3 is 2.94 bits per heavy atom. The summed E-state index contributed by atoms with van der Waals surface area (Å²) in [4.78, 5) is 0. The molecule has 0 fully saturated rings. The van der Waals surface area contributed by atoms with Crippen LogP contribution in [0.15, 0.2) is 24.3 Å². The molecule has 88 valence electrons. The van der Waals surface area contributed by atoms with Crippen molar-refractivity contribution in [2.24, 2.45) is 0 Å². The predicted molar refractivity (Wildman–Crippen MR) is 70.1 cm³/mol. The monoisotopic (exact) mass is 237 g/mol. The lowest BCUT2D eigenvalue weighted by Crippen LogP contribution is -2.26. The third kappa shape index (κ3) is 2.58. The van der Waals surface area contributed by atoms with Crippen molar-refractivity contribution in [3.05, 3.63) is 35.4 Å². The van der Waals surface area contributed by atoms with E-state index in [0.29, 0.717) is 6.04 Å². The molecule has 0 heterocycles. The minimum absolute atomic E-state index is 0.221. The van der Waals surface area contributed by atoms with Gasteiger partial charge < -0.3 is 5.32 Å². The zero-order valence-corrected chi connectivity index (χ0v) is 10.6. The van der Waals surface area contributed by atoms with E-state index in [2.05, 4.69) is 36.5 Å². The molecule has 0 radical (unpaired) electrons. The Kier molecular flexibility index (Phi) is 4.25. The molecular formula is C14H20ClN. The lowest BCUT2D eigenvalue weighted by Gasteiger charge is -2.17. The minimum atomic E-state index is 0.221. The van der Waals surface area contributed by atoms with E-state index in [1.54, 1.807) is 0 Å². The van der Waals surface area contributed by atoms with Gasteiger partial charge in [0.1, 0.15) is 0 Å². The summed E-state index contributed by atoms with van der Waals surface area (Å²) in [6.07, 6.45) is 4.82. The van der Waals surface area contributed by atoms with Crippen LogP contribution in [0.5, 0.6) is 0 Å². The van der Waals surface area contributed by atoms with Crippen LogP contribution in [0.25, 0.3) is 0 Å². The fourth-order valence-electron chi connectivity index (χ4n) is 2.42. The molecule has 16 heavy (non-hydrogen) atoms. The van der Waals surface area contributed by atoms with Gasteiger partial charge in [0.25, 0.3) is 0 Å². The van der Waals surface area contributed by atoms with Gasteiger partial charge in [-0.05, 0) is 30.5 Å². The van der Waals surface area contributed by atoms with Gasteiger partial charge in [0, 0.05) is 6.04 Å². The molecule has 1 aromatic carbocycles. The second-order valence-corrected chi connectivity index (χ2v) is 5.12. The molecule has 2 atom stereocenters. The molecular weight excluding hydrogens is 218 g/mol. The summed E-state index contributed by atoms with van der Waals surface area (Å²) in [5, 5.41) is 3.81. The maximum Gasteiger partial charge on any atom is 0.0571 e. The number of nitrogens with one attached hydrogen (secondary N) is 1. The smallest absolute Gasteiger partial charge is 0.0571 e. The highest BCUT2D eigenvalue weighted by Gasteiger charge is 2.29. The van der Waals surface area contributed by atoms with E-state index >= 15 is 0 Å². The van der Waals surface area contributed by atoms with Crippen LogP contribution in [0.1, 0.15) is 43.4 Å². The Hall–Kier alpha value is -0.530. The van der Waals surface area contributed by atoms with Crippen LogP contribution in [0.4, 0.5) is 0 Å². The number of hydrogen-bond acceptors (Lipinski definition) is 1. The van der Waals surface area contributed by atoms with Gasteiger partial charge >= 0.3 is 0 Å². The number of benzene rings is 1. The lowest BCUT2D eigenvalue weighted by molar-refractivity contribution is 0.515. The Morgan fingerprint density at radius 2 is 2.12 bits per heavy atom. The molecule has 0 saturated carbocycles. The molecule has 1 aliphatic rings. The Morgan fingerprint density at radius 1 is 1.31 bits per heavy atom. The van der Waals surface area contributed by atoms with Crippen molar-refractivity contribution in [3.63, 3.8) is 0 Å². The molecule has 1 nitrogen and oxygen atoms in total. The number of rotatable bonds is 5. The van der Waals surface area contributed by atoms with Crippen LogP contribution in [-0.2, 0) is 6.42 Å². The maximum absolute atomic E-state index is 6.39. The molecule has 0 aliphatic heterocycles. The topological polar surface area (TPSA) is 12.0 Å². The minimum Gasteiger partial charge on any atom is -0.309 e. The molecule has 0 spiro atoms. The first-order valence-corrected chi connectivity index (χ1v) is 6.72. The Balaban J connectivity index is 1.94. The number of hydrogen-bond donors (Lipinski definition) is 1. The van der Waals surface area contributed by atoms with Crippen molar-refractivity contribution in [2.45, 2.75) is 44.0 Å². The first kappa shape index (κ1) is 11.9. The highest BCUT2D eigenvalue weighted by Crippen LogP contribution is 2.34. The van der Waals surface area contributed by atoms with Gasteiger partial charge in [0.15, 0.2) is 0 Å². The van der Waals surface area contributed by atoms with Gasteiger partial charge in [-0.15, -0.1) is 11.6 Å². The second-order valence-electron chi connectivity index (χ2n) is 4.56. The predicted octanol–water partition coefficient (Wildman–Crippen LogP) is 3.67. The number of alkyl halides is 1. The number of unbranched alkanes of at least 4 members (excludes halogenated alkanes) is 2. The summed E-state index contributed by atoms with van der Waals surface area (Å²) in [6, 6.07) is 8.96. The van der Waals surface area contributed by atoms with Crippen LogP contribution in [0, 0.1) is 0 Å². The SMILES string of the molecule is CCCCCNC1c2ccccc2CC1Cl. The third-order valence-corrected chi connectivity index (χ3v) is 3.72. The summed E-state index contributed by atoms with van der Waals surface area (Å²) in [7, 11) is 0. The average molecular weight is 238 g/mol. The van der Waals surface area contributed by atoms with E-state index in [4.69, 9.17) is 11.6 Å². The van der Waals surface area contributed by atoms with E-state index in [1.807, 2.05) is 0 Å². The summed E-state index contributed by atoms with van der Waals surface area (Å²) in [5.74, 6) is 0. The summed E-state index contributed by atoms with van der Waals surface area (Å²) in [6.45, 7) is 3.31. The van der Waals surface area contributed by atoms with Crippen LogP contribution in [-0.4, -0.2) is 11.9 Å². The Bertz CT molecular complexity index is 337. The van der Waals surface area contributed by atoms with Gasteiger partial charge in [-0.2, -0.15) is 0 Å². The second kappa shape index (κ2) is 5.70. The molecule has 1 aliphatic carbocycles. The molecule has 0 amide bonds. The fraction of sp³-hybridized carbons (Fsp3) is 0.571. The number of halogens is 1. The lowest BCUT2D eigenvalue weighted by atomic mass is 10.1. The van der Waals surface area contributed by atoms with E-state index in [1.165, 1.54) is 30.4 Å². The molecule has 2 rings (SSSR count). The van der Waals surface area contributed by atoms with E-state index < -0.39 is 0 Å². The van der Waals surface area contributed by atoms with Gasteiger partial charge in [0.2, 0.25) is 0 Å². The molecule has 0 aromatic heterocycles. The van der Waals surface area contributed by atoms with E-state index in [9.17, 15) is 0 Å². The van der Waals surface area contributed by atoms with Crippen molar-refractivity contribution in [1.82, 2.24) is 5.32 Å². The van der Waals surface area contributed by atoms with Crippen molar-refractivity contribution < 1.29 is 0 Å². The normalized spacial score (nSPS) is 23.4. The Labute approximate surface area is 103 Å². The maximum atomic E-state index is 6.39. The zero-order valence-electron chi connectivity index (χ0n) is 9.88. The summed E-state index contributed by atoms with van der Waals surface area (Å²) < 4.78 is 0. The van der Waals surface area contributed by atoms with Gasteiger partial charge in [-0.1, -0.05) is 44.0 Å². The first-order valence-electron chi connectivity index (χ1n) is 6.28. The highest BCUT2D eigenvalue weighted by molar-refractivity contribution is 6.21. The van der Waals surface area contributed by atoms with Crippen LogP contribution in [0.3, 0.4) is 0 Å². The first-order chi connectivity index (χ1) is 7.83. The van der Waals surface area contributed by atoms with E-state index in [0.717, 1.165) is 13.0 Å². The fourth-order valence-corrected chi connectivity index (χ4v) is 2.81. The van der Waals surface area contributed by atoms with E-state index in [-0.39, 0.29) is 5.38 Å². The highest BCUT2D eigenvalue weighted by atomic mass is 35.5. The molecule has 2 unspecified atom stereocenters. The molecule has 2 heteroatoms.